The van der Waals surface area contributed by atoms with Gasteiger partial charge in [0.2, 0.25) is 0 Å². The number of aliphatic imine (C=N–C) groups is 2. The third-order valence-corrected chi connectivity index (χ3v) is 16.3. The molecule has 0 saturated heterocycles. The first-order chi connectivity index (χ1) is 38.4. The van der Waals surface area contributed by atoms with Gasteiger partial charge >= 0.3 is 16.5 Å². The number of hydrogen-bond donors (Lipinski definition) is 0. The Kier molecular flexibility index (Phi) is 51.0. The van der Waals surface area contributed by atoms with E-state index in [4.69, 9.17) is 9.98 Å². The van der Waals surface area contributed by atoms with Crippen LogP contribution < -0.4 is 10.2 Å². The fourth-order valence-electron chi connectivity index (χ4n) is 11.0. The standard InChI is InChI=1S/C60H104N2.C14H22O2.Ni/c1-5-9-13-16-19-21-23-25-27-29-31-33-35-37-40-43-55-47-51-57(52-48-55)61-59(45-12-8-4)60(46-42-39-18-15-11-7-3)62-58-53-49-56(50-54-58)44-41-38-36-34-32-30-28-26-24-22-20-17-14-10-6-2;1-3-5-6-8-12-10-9-11(7-4-2)13(15)14(12)16;/h47-54H,5-46H2,1-4H3;9-10,15-16H,3-8H2,1-2H3;/q;;+2/p-2/b61-59+,62-60+;;. The Morgan fingerprint density at radius 3 is 0.835 bits per heavy atom. The fourth-order valence-corrected chi connectivity index (χ4v) is 11.0. The minimum absolute atomic E-state index is 0. The molecule has 0 radical (unpaired) electrons. The van der Waals surface area contributed by atoms with Crippen molar-refractivity contribution in [3.05, 3.63) is 82.9 Å². The van der Waals surface area contributed by atoms with E-state index in [9.17, 15) is 10.2 Å². The third-order valence-electron chi connectivity index (χ3n) is 16.3. The summed E-state index contributed by atoms with van der Waals surface area (Å²) in [5, 5.41) is 23.4. The summed E-state index contributed by atoms with van der Waals surface area (Å²) in [6.45, 7) is 13.4. The van der Waals surface area contributed by atoms with Crippen LogP contribution in [-0.4, -0.2) is 11.4 Å². The molecule has 3 aromatic carbocycles. The Hall–Kier alpha value is -2.91. The zero-order valence-corrected chi connectivity index (χ0v) is 53.7. The Morgan fingerprint density at radius 2 is 0.519 bits per heavy atom. The molecule has 0 aliphatic rings. The van der Waals surface area contributed by atoms with Crippen LogP contribution in [0, 0.1) is 0 Å². The summed E-state index contributed by atoms with van der Waals surface area (Å²) < 4.78 is 0. The van der Waals surface area contributed by atoms with E-state index in [1.165, 1.54) is 273 Å². The van der Waals surface area contributed by atoms with Gasteiger partial charge in [-0.2, -0.15) is 0 Å². The van der Waals surface area contributed by atoms with Crippen molar-refractivity contribution in [1.82, 2.24) is 0 Å². The molecule has 0 heterocycles. The zero-order chi connectivity index (χ0) is 56.2. The predicted molar refractivity (Wildman–Crippen MR) is 344 cm³/mol. The van der Waals surface area contributed by atoms with Crippen LogP contribution in [0.5, 0.6) is 11.5 Å². The van der Waals surface area contributed by atoms with Crippen LogP contribution in [0.4, 0.5) is 11.4 Å². The molecule has 4 nitrogen and oxygen atoms in total. The maximum absolute atomic E-state index is 11.7. The molecule has 3 rings (SSSR count). The summed E-state index contributed by atoms with van der Waals surface area (Å²) in [6.07, 6.45) is 62.7. The molecular formula is C74H124N2NiO2. The number of hydrogen-bond acceptors (Lipinski definition) is 4. The maximum atomic E-state index is 11.7. The van der Waals surface area contributed by atoms with Gasteiger partial charge in [0.05, 0.1) is 22.8 Å². The van der Waals surface area contributed by atoms with Crippen LogP contribution in [0.25, 0.3) is 0 Å². The average molecular weight is 1130 g/mol. The normalized spacial score (nSPS) is 11.7. The van der Waals surface area contributed by atoms with Crippen LogP contribution >= 0.6 is 0 Å². The molecule has 0 saturated carbocycles. The van der Waals surface area contributed by atoms with E-state index in [2.05, 4.69) is 83.1 Å². The second-order valence-electron chi connectivity index (χ2n) is 23.7. The van der Waals surface area contributed by atoms with E-state index in [1.54, 1.807) is 0 Å². The SMILES string of the molecule is CCCCCCCCCCCCCCCCCc1ccc(/N=C(CCCC)/C(CCCCCCCC)=N/c2ccc(CCCCCCCCCCCCCCCCC)cc2)cc1.CCCCCc1ccc(CCC)c([O-])c1[O-].[Ni+2]. The molecule has 0 unspecified atom stereocenters. The summed E-state index contributed by atoms with van der Waals surface area (Å²) in [7, 11) is 0. The minimum atomic E-state index is -0.282. The van der Waals surface area contributed by atoms with E-state index in [0.717, 1.165) is 62.7 Å². The van der Waals surface area contributed by atoms with Gasteiger partial charge in [-0.3, -0.25) is 9.98 Å². The third kappa shape index (κ3) is 40.0. The molecule has 0 atom stereocenters. The van der Waals surface area contributed by atoms with Crippen LogP contribution in [0.15, 0.2) is 70.6 Å². The molecule has 0 aliphatic heterocycles. The van der Waals surface area contributed by atoms with Crippen molar-refractivity contribution in [2.45, 2.75) is 350 Å². The smallest absolute Gasteiger partial charge is 0.873 e. The largest absolute Gasteiger partial charge is 2.00 e. The number of benzene rings is 3. The van der Waals surface area contributed by atoms with Gasteiger partial charge in [0.15, 0.2) is 0 Å². The first-order valence-corrected chi connectivity index (χ1v) is 34.2. The molecule has 0 N–H and O–H groups in total. The quantitative estimate of drug-likeness (QED) is 0.0321. The van der Waals surface area contributed by atoms with Gasteiger partial charge in [-0.15, -0.1) is 11.5 Å². The first-order valence-electron chi connectivity index (χ1n) is 34.2. The van der Waals surface area contributed by atoms with Crippen molar-refractivity contribution < 1.29 is 26.7 Å². The van der Waals surface area contributed by atoms with Crippen LogP contribution in [-0.2, 0) is 42.2 Å². The Morgan fingerprint density at radius 1 is 0.266 bits per heavy atom. The molecule has 0 fully saturated rings. The molecule has 0 spiro atoms. The molecule has 0 aromatic heterocycles. The van der Waals surface area contributed by atoms with Crippen molar-refractivity contribution >= 4 is 22.8 Å². The van der Waals surface area contributed by atoms with Gasteiger partial charge in [0.1, 0.15) is 0 Å². The molecule has 3 aromatic rings. The van der Waals surface area contributed by atoms with Crippen LogP contribution in [0.2, 0.25) is 0 Å². The summed E-state index contributed by atoms with van der Waals surface area (Å²) in [5.41, 5.74) is 8.88. The minimum Gasteiger partial charge on any atom is -0.873 e. The number of aryl methyl sites for hydroxylation is 4. The van der Waals surface area contributed by atoms with Gasteiger partial charge in [0.25, 0.3) is 0 Å². The molecular weight excluding hydrogens is 1010 g/mol. The number of nitrogens with zero attached hydrogens (tertiary/aromatic N) is 2. The van der Waals surface area contributed by atoms with Gasteiger partial charge in [-0.1, -0.05) is 327 Å². The second kappa shape index (κ2) is 54.3. The van der Waals surface area contributed by atoms with E-state index in [-0.39, 0.29) is 28.0 Å². The summed E-state index contributed by atoms with van der Waals surface area (Å²) in [4.78, 5) is 10.7. The molecule has 452 valence electrons. The van der Waals surface area contributed by atoms with E-state index >= 15 is 0 Å². The van der Waals surface area contributed by atoms with Gasteiger partial charge in [0, 0.05) is 0 Å². The second-order valence-corrected chi connectivity index (χ2v) is 23.7. The average Bonchev–Trinajstić information content (AvgIpc) is 3.47. The van der Waals surface area contributed by atoms with E-state index < -0.39 is 0 Å². The topological polar surface area (TPSA) is 70.8 Å². The molecule has 0 amide bonds. The molecule has 79 heavy (non-hydrogen) atoms. The number of unbranched alkanes of at least 4 members (excludes halogenated alkanes) is 36. The monoisotopic (exact) mass is 1130 g/mol. The first kappa shape index (κ1) is 74.1. The fraction of sp³-hybridized carbons (Fsp3) is 0.730. The Bertz CT molecular complexity index is 1850. The van der Waals surface area contributed by atoms with Crippen molar-refractivity contribution in [2.24, 2.45) is 9.98 Å². The summed E-state index contributed by atoms with van der Waals surface area (Å²) in [5.74, 6) is -0.557. The van der Waals surface area contributed by atoms with Crippen molar-refractivity contribution in [3.63, 3.8) is 0 Å². The van der Waals surface area contributed by atoms with Gasteiger partial charge in [-0.25, -0.2) is 0 Å². The predicted octanol–water partition coefficient (Wildman–Crippen LogP) is 23.8. The number of rotatable bonds is 51. The zero-order valence-electron chi connectivity index (χ0n) is 52.7. The summed E-state index contributed by atoms with van der Waals surface area (Å²) >= 11 is 0. The van der Waals surface area contributed by atoms with Crippen molar-refractivity contribution in [3.8, 4) is 11.5 Å². The maximum Gasteiger partial charge on any atom is 2.00 e. The van der Waals surface area contributed by atoms with E-state index in [0.29, 0.717) is 17.5 Å². The van der Waals surface area contributed by atoms with E-state index in [1.807, 2.05) is 19.1 Å². The van der Waals surface area contributed by atoms with Crippen molar-refractivity contribution in [1.29, 1.82) is 0 Å². The van der Waals surface area contributed by atoms with Gasteiger partial charge in [-0.05, 0) is 106 Å². The molecule has 5 heteroatoms. The van der Waals surface area contributed by atoms with Crippen molar-refractivity contribution in [2.75, 3.05) is 0 Å². The van der Waals surface area contributed by atoms with Crippen LogP contribution in [0.1, 0.15) is 346 Å². The van der Waals surface area contributed by atoms with Gasteiger partial charge < -0.3 is 10.2 Å². The Labute approximate surface area is 500 Å². The molecule has 0 bridgehead atoms. The Balaban J connectivity index is 0.00000156. The van der Waals surface area contributed by atoms with Crippen LogP contribution in [0.3, 0.4) is 0 Å². The summed E-state index contributed by atoms with van der Waals surface area (Å²) in [6, 6.07) is 22.1. The molecule has 0 aliphatic carbocycles.